The third-order valence-corrected chi connectivity index (χ3v) is 4.08. The number of nitrogens with zero attached hydrogens (tertiary/aromatic N) is 2. The summed E-state index contributed by atoms with van der Waals surface area (Å²) in [5, 5.41) is 4.14. The second kappa shape index (κ2) is 9.01. The first kappa shape index (κ1) is 17.1. The number of hydrogen-bond acceptors (Lipinski definition) is 2. The quantitative estimate of drug-likeness (QED) is 0.646. The van der Waals surface area contributed by atoms with Gasteiger partial charge in [-0.3, -0.25) is 4.99 Å². The maximum atomic E-state index is 5.91. The first-order chi connectivity index (χ1) is 10.7. The summed E-state index contributed by atoms with van der Waals surface area (Å²) in [5.41, 5.74) is 1.26. The van der Waals surface area contributed by atoms with Crippen LogP contribution in [-0.2, 0) is 11.2 Å². The average Bonchev–Trinajstić information content (AvgIpc) is 3.01. The van der Waals surface area contributed by atoms with Gasteiger partial charge in [-0.1, -0.05) is 23.7 Å². The second-order valence-corrected chi connectivity index (χ2v) is 6.16. The first-order valence-electron chi connectivity index (χ1n) is 8.00. The highest BCUT2D eigenvalue weighted by Gasteiger charge is 2.18. The van der Waals surface area contributed by atoms with E-state index in [1.165, 1.54) is 5.56 Å². The van der Waals surface area contributed by atoms with Crippen LogP contribution in [0.15, 0.2) is 29.3 Å². The molecule has 5 heteroatoms. The maximum absolute atomic E-state index is 5.91. The van der Waals surface area contributed by atoms with Crippen LogP contribution in [0, 0.1) is 5.92 Å². The van der Waals surface area contributed by atoms with Gasteiger partial charge >= 0.3 is 0 Å². The highest BCUT2D eigenvalue weighted by atomic mass is 35.5. The topological polar surface area (TPSA) is 36.9 Å². The van der Waals surface area contributed by atoms with E-state index in [4.69, 9.17) is 21.3 Å². The molecule has 0 aliphatic carbocycles. The van der Waals surface area contributed by atoms with Gasteiger partial charge in [0.25, 0.3) is 0 Å². The molecule has 1 unspecified atom stereocenters. The summed E-state index contributed by atoms with van der Waals surface area (Å²) in [6.45, 7) is 6.51. The summed E-state index contributed by atoms with van der Waals surface area (Å²) >= 11 is 5.91. The molecule has 122 valence electrons. The summed E-state index contributed by atoms with van der Waals surface area (Å²) in [5.74, 6) is 1.59. The van der Waals surface area contributed by atoms with Crippen molar-refractivity contribution in [2.24, 2.45) is 10.9 Å². The Morgan fingerprint density at radius 3 is 2.82 bits per heavy atom. The average molecular weight is 324 g/mol. The minimum Gasteiger partial charge on any atom is -0.381 e. The predicted molar refractivity (Wildman–Crippen MR) is 92.7 cm³/mol. The number of ether oxygens (including phenoxy) is 1. The lowest BCUT2D eigenvalue weighted by atomic mass is 10.1. The number of rotatable bonds is 6. The van der Waals surface area contributed by atoms with Crippen LogP contribution in [-0.4, -0.2) is 50.8 Å². The molecule has 0 bridgehead atoms. The third-order valence-electron chi connectivity index (χ3n) is 3.83. The van der Waals surface area contributed by atoms with E-state index in [0.717, 1.165) is 56.7 Å². The van der Waals surface area contributed by atoms with Crippen molar-refractivity contribution in [1.82, 2.24) is 10.2 Å². The Morgan fingerprint density at radius 1 is 1.41 bits per heavy atom. The van der Waals surface area contributed by atoms with Gasteiger partial charge in [0.15, 0.2) is 5.96 Å². The van der Waals surface area contributed by atoms with E-state index in [2.05, 4.69) is 36.3 Å². The Bertz CT molecular complexity index is 469. The summed E-state index contributed by atoms with van der Waals surface area (Å²) in [6.07, 6.45) is 2.07. The second-order valence-electron chi connectivity index (χ2n) is 5.72. The fourth-order valence-electron chi connectivity index (χ4n) is 2.61. The van der Waals surface area contributed by atoms with Crippen molar-refractivity contribution in [2.45, 2.75) is 19.8 Å². The molecule has 0 radical (unpaired) electrons. The highest BCUT2D eigenvalue weighted by Crippen LogP contribution is 2.13. The number of benzene rings is 1. The number of aliphatic imine (C=N–C) groups is 1. The van der Waals surface area contributed by atoms with Crippen molar-refractivity contribution in [2.75, 3.05) is 39.9 Å². The van der Waals surface area contributed by atoms with Crippen molar-refractivity contribution in [1.29, 1.82) is 0 Å². The van der Waals surface area contributed by atoms with Crippen molar-refractivity contribution in [3.8, 4) is 0 Å². The van der Waals surface area contributed by atoms with Crippen LogP contribution in [0.1, 0.15) is 18.9 Å². The van der Waals surface area contributed by atoms with E-state index in [1.54, 1.807) is 0 Å². The van der Waals surface area contributed by atoms with Gasteiger partial charge in [0.2, 0.25) is 0 Å². The molecule has 1 saturated heterocycles. The molecule has 2 rings (SSSR count). The van der Waals surface area contributed by atoms with E-state index in [1.807, 2.05) is 12.1 Å². The zero-order valence-corrected chi connectivity index (χ0v) is 14.3. The molecule has 1 heterocycles. The van der Waals surface area contributed by atoms with Gasteiger partial charge < -0.3 is 15.0 Å². The summed E-state index contributed by atoms with van der Waals surface area (Å²) in [4.78, 5) is 6.94. The predicted octanol–water partition coefficient (Wildman–Crippen LogP) is 2.82. The minimum absolute atomic E-state index is 0.616. The summed E-state index contributed by atoms with van der Waals surface area (Å²) < 4.78 is 5.45. The van der Waals surface area contributed by atoms with Gasteiger partial charge in [-0.15, -0.1) is 0 Å². The molecule has 4 nitrogen and oxygen atoms in total. The third kappa shape index (κ3) is 5.50. The van der Waals surface area contributed by atoms with Gasteiger partial charge in [0.1, 0.15) is 0 Å². The molecule has 1 aromatic carbocycles. The Hall–Kier alpha value is -1.26. The van der Waals surface area contributed by atoms with Gasteiger partial charge in [0, 0.05) is 44.2 Å². The molecule has 0 amide bonds. The molecule has 1 fully saturated rings. The van der Waals surface area contributed by atoms with Gasteiger partial charge in [-0.25, -0.2) is 0 Å². The molecule has 0 aromatic heterocycles. The summed E-state index contributed by atoms with van der Waals surface area (Å²) in [7, 11) is 2.10. The molecule has 1 aliphatic rings. The standard InChI is InChI=1S/C17H26ClN3O/c1-3-19-17(21(2)12-15-9-11-22-13-15)20-10-8-14-4-6-16(18)7-5-14/h4-7,15H,3,8-13H2,1-2H3,(H,19,20). The molecule has 1 N–H and O–H groups in total. The fraction of sp³-hybridized carbons (Fsp3) is 0.588. The van der Waals surface area contributed by atoms with Crippen LogP contribution in [0.2, 0.25) is 5.02 Å². The highest BCUT2D eigenvalue weighted by molar-refractivity contribution is 6.30. The zero-order valence-electron chi connectivity index (χ0n) is 13.5. The fourth-order valence-corrected chi connectivity index (χ4v) is 2.74. The summed E-state index contributed by atoms with van der Waals surface area (Å²) in [6, 6.07) is 7.98. The SMILES string of the molecule is CCNC(=NCCc1ccc(Cl)cc1)N(C)CC1CCOC1. The zero-order chi connectivity index (χ0) is 15.8. The molecule has 22 heavy (non-hydrogen) atoms. The number of nitrogens with one attached hydrogen (secondary N) is 1. The first-order valence-corrected chi connectivity index (χ1v) is 8.38. The largest absolute Gasteiger partial charge is 0.381 e. The van der Waals surface area contributed by atoms with Crippen molar-refractivity contribution < 1.29 is 4.74 Å². The lowest BCUT2D eigenvalue weighted by Gasteiger charge is -2.24. The lowest BCUT2D eigenvalue weighted by Crippen LogP contribution is -2.41. The van der Waals surface area contributed by atoms with Crippen molar-refractivity contribution in [3.63, 3.8) is 0 Å². The molecule has 0 saturated carbocycles. The monoisotopic (exact) mass is 323 g/mol. The molecular weight excluding hydrogens is 298 g/mol. The molecule has 1 atom stereocenters. The molecule has 0 spiro atoms. The van der Waals surface area contributed by atoms with Crippen LogP contribution >= 0.6 is 11.6 Å². The van der Waals surface area contributed by atoms with Crippen LogP contribution in [0.4, 0.5) is 0 Å². The number of hydrogen-bond donors (Lipinski definition) is 1. The lowest BCUT2D eigenvalue weighted by molar-refractivity contribution is 0.181. The van der Waals surface area contributed by atoms with Crippen LogP contribution in [0.25, 0.3) is 0 Å². The van der Waals surface area contributed by atoms with Crippen LogP contribution in [0.3, 0.4) is 0 Å². The van der Waals surface area contributed by atoms with Crippen molar-refractivity contribution in [3.05, 3.63) is 34.9 Å². The van der Waals surface area contributed by atoms with E-state index >= 15 is 0 Å². The maximum Gasteiger partial charge on any atom is 0.193 e. The smallest absolute Gasteiger partial charge is 0.193 e. The Labute approximate surface area is 138 Å². The van der Waals surface area contributed by atoms with Crippen LogP contribution < -0.4 is 5.32 Å². The van der Waals surface area contributed by atoms with E-state index in [9.17, 15) is 0 Å². The Morgan fingerprint density at radius 2 is 2.18 bits per heavy atom. The van der Waals surface area contributed by atoms with E-state index in [-0.39, 0.29) is 0 Å². The molecular formula is C17H26ClN3O. The number of halogens is 1. The van der Waals surface area contributed by atoms with Gasteiger partial charge in [-0.05, 0) is 37.5 Å². The Balaban J connectivity index is 1.86. The van der Waals surface area contributed by atoms with Gasteiger partial charge in [0.05, 0.1) is 6.61 Å². The van der Waals surface area contributed by atoms with E-state index in [0.29, 0.717) is 5.92 Å². The normalized spacial score (nSPS) is 18.5. The van der Waals surface area contributed by atoms with Crippen LogP contribution in [0.5, 0.6) is 0 Å². The van der Waals surface area contributed by atoms with Crippen molar-refractivity contribution >= 4 is 17.6 Å². The van der Waals surface area contributed by atoms with E-state index < -0.39 is 0 Å². The number of guanidine groups is 1. The minimum atomic E-state index is 0.616. The molecule has 1 aromatic rings. The molecule has 1 aliphatic heterocycles. The van der Waals surface area contributed by atoms with Gasteiger partial charge in [-0.2, -0.15) is 0 Å². The Kier molecular flexibility index (Phi) is 7.00.